The van der Waals surface area contributed by atoms with Gasteiger partial charge in [0.1, 0.15) is 18.3 Å². The third kappa shape index (κ3) is 3.12. The monoisotopic (exact) mass is 640 g/mol. The van der Waals surface area contributed by atoms with Crippen LogP contribution >= 0.6 is 0 Å². The molecule has 0 aromatic heterocycles. The van der Waals surface area contributed by atoms with E-state index in [1.54, 1.807) is 12.1 Å². The predicted octanol–water partition coefficient (Wildman–Crippen LogP) is 2.49. The number of likely N-dealkylation sites (tertiary alicyclic amines) is 2. The molecule has 3 N–H and O–H groups in total. The highest BCUT2D eigenvalue weighted by Crippen LogP contribution is 2.67. The van der Waals surface area contributed by atoms with Crippen molar-refractivity contribution in [2.24, 2.45) is 22.4 Å². The standard InChI is InChI=1S/C35H36N4O8/c1-38-13-11-33-19-5-7-23(40)31(33)44-29-24(8-3-17(27(29)33)15-21(19)38)46-36-37-47-25-9-4-18-16-22-20-6-10-26(41)35(32(42)43)34(20,12-14-39(22)2)28(18)30(25)45-35/h3-10,19-23,26,31,40-41H,11-16H2,1-2H3,(H,42,43)/t19-,20-,21+,22+,23-,26-,31-,33-,34-,35+/m0/s1. The zero-order chi connectivity index (χ0) is 32.0. The second-order valence-electron chi connectivity index (χ2n) is 14.7. The van der Waals surface area contributed by atoms with Crippen LogP contribution in [0.15, 0.2) is 59.1 Å². The predicted molar refractivity (Wildman–Crippen MR) is 165 cm³/mol. The Kier molecular flexibility index (Phi) is 5.45. The molecule has 244 valence electrons. The molecule has 4 aliphatic carbocycles. The minimum absolute atomic E-state index is 0.0831. The number of rotatable bonds is 5. The zero-order valence-corrected chi connectivity index (χ0v) is 26.1. The highest BCUT2D eigenvalue weighted by atomic mass is 16.7. The molecular formula is C35H36N4O8. The topological polar surface area (TPSA) is 146 Å². The minimum atomic E-state index is -1.89. The number of carboxylic acid groups (broad SMARTS) is 1. The van der Waals surface area contributed by atoms with Gasteiger partial charge >= 0.3 is 5.97 Å². The van der Waals surface area contributed by atoms with Crippen molar-refractivity contribution in [2.45, 2.75) is 72.5 Å². The summed E-state index contributed by atoms with van der Waals surface area (Å²) in [6.07, 6.45) is 8.08. The first kappa shape index (κ1) is 28.1. The van der Waals surface area contributed by atoms with Crippen LogP contribution in [-0.4, -0.2) is 94.3 Å². The lowest BCUT2D eigenvalue weighted by Crippen LogP contribution is -2.73. The van der Waals surface area contributed by atoms with Crippen LogP contribution in [0, 0.1) is 11.8 Å². The largest absolute Gasteiger partial charge is 0.482 e. The van der Waals surface area contributed by atoms with Crippen LogP contribution in [0.4, 0.5) is 0 Å². The number of benzene rings is 2. The Hall–Kier alpha value is -3.97. The molecule has 8 aliphatic rings. The number of aliphatic hydroxyl groups excluding tert-OH is 2. The van der Waals surface area contributed by atoms with Gasteiger partial charge in [-0.3, -0.25) is 0 Å². The van der Waals surface area contributed by atoms with Crippen molar-refractivity contribution in [1.82, 2.24) is 9.80 Å². The maximum atomic E-state index is 13.1. The van der Waals surface area contributed by atoms with Crippen LogP contribution in [0.1, 0.15) is 35.1 Å². The summed E-state index contributed by atoms with van der Waals surface area (Å²) in [4.78, 5) is 29.4. The third-order valence-corrected chi connectivity index (χ3v) is 13.1. The molecule has 10 rings (SSSR count). The Labute approximate surface area is 270 Å². The first-order valence-electron chi connectivity index (χ1n) is 16.5. The van der Waals surface area contributed by atoms with Gasteiger partial charge in [0.2, 0.25) is 17.1 Å². The number of piperidine rings is 2. The summed E-state index contributed by atoms with van der Waals surface area (Å²) in [7, 11) is 4.23. The van der Waals surface area contributed by atoms with Gasteiger partial charge in [-0.25, -0.2) is 4.79 Å². The number of likely N-dealkylation sites (N-methyl/N-ethyl adjacent to an activating group) is 2. The molecule has 47 heavy (non-hydrogen) atoms. The van der Waals surface area contributed by atoms with Crippen LogP contribution in [0.5, 0.6) is 23.0 Å². The second kappa shape index (κ2) is 9.13. The van der Waals surface area contributed by atoms with Crippen molar-refractivity contribution >= 4 is 5.97 Å². The van der Waals surface area contributed by atoms with E-state index in [0.29, 0.717) is 30.5 Å². The zero-order valence-electron chi connectivity index (χ0n) is 26.1. The number of aliphatic hydroxyl groups is 2. The van der Waals surface area contributed by atoms with E-state index in [0.717, 1.165) is 42.5 Å². The molecule has 0 amide bonds. The van der Waals surface area contributed by atoms with Crippen molar-refractivity contribution in [3.63, 3.8) is 0 Å². The van der Waals surface area contributed by atoms with Gasteiger partial charge in [0.15, 0.2) is 11.5 Å². The van der Waals surface area contributed by atoms with Gasteiger partial charge in [0, 0.05) is 40.5 Å². The first-order valence-corrected chi connectivity index (χ1v) is 16.5. The molecule has 0 unspecified atom stereocenters. The van der Waals surface area contributed by atoms with Crippen molar-refractivity contribution in [3.05, 3.63) is 70.8 Å². The molecule has 2 spiro atoms. The van der Waals surface area contributed by atoms with Crippen LogP contribution < -0.4 is 19.1 Å². The van der Waals surface area contributed by atoms with Crippen LogP contribution in [-0.2, 0) is 28.5 Å². The maximum absolute atomic E-state index is 13.1. The van der Waals surface area contributed by atoms with Crippen molar-refractivity contribution in [2.75, 3.05) is 27.2 Å². The molecule has 2 fully saturated rings. The average Bonchev–Trinajstić information content (AvgIpc) is 3.58. The van der Waals surface area contributed by atoms with Crippen molar-refractivity contribution in [3.8, 4) is 23.0 Å². The molecule has 4 bridgehead atoms. The van der Waals surface area contributed by atoms with Gasteiger partial charge < -0.3 is 44.3 Å². The van der Waals surface area contributed by atoms with Gasteiger partial charge in [-0.2, -0.15) is 0 Å². The lowest BCUT2D eigenvalue weighted by atomic mass is 9.48. The molecule has 4 aliphatic heterocycles. The van der Waals surface area contributed by atoms with Gasteiger partial charge in [0.25, 0.3) is 0 Å². The highest BCUT2D eigenvalue weighted by molar-refractivity contribution is 5.87. The van der Waals surface area contributed by atoms with Crippen molar-refractivity contribution < 1.29 is 39.3 Å². The van der Waals surface area contributed by atoms with E-state index in [2.05, 4.69) is 46.6 Å². The maximum Gasteiger partial charge on any atom is 0.352 e. The van der Waals surface area contributed by atoms with E-state index in [4.69, 9.17) is 19.1 Å². The number of carboxylic acids is 1. The first-order chi connectivity index (χ1) is 22.7. The Morgan fingerprint density at radius 1 is 0.851 bits per heavy atom. The van der Waals surface area contributed by atoms with Gasteiger partial charge in [-0.05, 0) is 76.1 Å². The summed E-state index contributed by atoms with van der Waals surface area (Å²) in [5.74, 6) is 0.338. The average molecular weight is 641 g/mol. The third-order valence-electron chi connectivity index (χ3n) is 13.1. The summed E-state index contributed by atoms with van der Waals surface area (Å²) in [5, 5.41) is 40.8. The van der Waals surface area contributed by atoms with Gasteiger partial charge in [-0.1, -0.05) is 36.4 Å². The number of carbonyl (C=O) groups is 1. The van der Waals surface area contributed by atoms with Crippen molar-refractivity contribution in [1.29, 1.82) is 0 Å². The molecule has 10 atom stereocenters. The Morgan fingerprint density at radius 2 is 1.49 bits per heavy atom. The summed E-state index contributed by atoms with van der Waals surface area (Å²) in [6.45, 7) is 1.59. The van der Waals surface area contributed by atoms with E-state index < -0.39 is 35.3 Å². The molecular weight excluding hydrogens is 604 g/mol. The quantitative estimate of drug-likeness (QED) is 0.253. The SMILES string of the molecule is CN1CC[C@]23c4c5ccc(ON=NOc6ccc7c8c6O[C@@]6(C(=O)O)[C@@H](O)C=C[C@H]9[C@@H](C7)N(C)CC[C@@]896)c4O[C@H]2[C@@H](O)C=C[C@H]3[C@H]1C5. The van der Waals surface area contributed by atoms with E-state index >= 15 is 0 Å². The Bertz CT molecular complexity index is 1850. The molecule has 12 heteroatoms. The molecule has 12 nitrogen and oxygen atoms in total. The number of nitrogens with zero attached hydrogens (tertiary/aromatic N) is 4. The number of hydrogen-bond donors (Lipinski definition) is 3. The summed E-state index contributed by atoms with van der Waals surface area (Å²) < 4.78 is 12.9. The highest BCUT2D eigenvalue weighted by Gasteiger charge is 2.76. The van der Waals surface area contributed by atoms with E-state index in [1.807, 2.05) is 24.3 Å². The minimum Gasteiger partial charge on any atom is -0.482 e. The Balaban J connectivity index is 0.984. The number of hydrogen-bond acceptors (Lipinski definition) is 11. The molecule has 0 saturated carbocycles. The molecule has 2 aromatic rings. The summed E-state index contributed by atoms with van der Waals surface area (Å²) in [5.41, 5.74) is 0.901. The molecule has 2 aromatic carbocycles. The fraction of sp³-hybridized carbons (Fsp3) is 0.514. The van der Waals surface area contributed by atoms with Gasteiger partial charge in [-0.15, -0.1) is 0 Å². The fourth-order valence-corrected chi connectivity index (χ4v) is 11.2. The second-order valence-corrected chi connectivity index (χ2v) is 14.7. The van der Waals surface area contributed by atoms with Crippen LogP contribution in [0.25, 0.3) is 0 Å². The Morgan fingerprint density at radius 3 is 2.21 bits per heavy atom. The normalized spacial score (nSPS) is 41.2. The van der Waals surface area contributed by atoms with Gasteiger partial charge in [0.05, 0.1) is 16.0 Å². The number of aliphatic carboxylic acids is 1. The molecule has 2 saturated heterocycles. The smallest absolute Gasteiger partial charge is 0.352 e. The summed E-state index contributed by atoms with van der Waals surface area (Å²) in [6, 6.07) is 7.95. The fourth-order valence-electron chi connectivity index (χ4n) is 11.2. The van der Waals surface area contributed by atoms with Crippen LogP contribution in [0.3, 0.4) is 0 Å². The molecule has 0 radical (unpaired) electrons. The van der Waals surface area contributed by atoms with E-state index in [9.17, 15) is 20.1 Å². The summed E-state index contributed by atoms with van der Waals surface area (Å²) >= 11 is 0. The molecule has 4 heterocycles. The number of ether oxygens (including phenoxy) is 2. The van der Waals surface area contributed by atoms with E-state index in [1.165, 1.54) is 5.56 Å². The van der Waals surface area contributed by atoms with Crippen LogP contribution in [0.2, 0.25) is 0 Å². The van der Waals surface area contributed by atoms with E-state index in [-0.39, 0.29) is 34.8 Å². The lowest BCUT2D eigenvalue weighted by Gasteiger charge is -2.59. The lowest BCUT2D eigenvalue weighted by molar-refractivity contribution is -0.181.